The van der Waals surface area contributed by atoms with Crippen LogP contribution >= 0.6 is 0 Å². The highest BCUT2D eigenvalue weighted by Crippen LogP contribution is 2.16. The number of ether oxygens (including phenoxy) is 1. The van der Waals surface area contributed by atoms with Crippen molar-refractivity contribution in [2.24, 2.45) is 0 Å². The fourth-order valence-electron chi connectivity index (χ4n) is 2.33. The predicted octanol–water partition coefficient (Wildman–Crippen LogP) is 2.44. The number of hydrogen-bond donors (Lipinski definition) is 1. The van der Waals surface area contributed by atoms with Gasteiger partial charge in [-0.2, -0.15) is 0 Å². The van der Waals surface area contributed by atoms with Crippen LogP contribution in [0.15, 0.2) is 18.3 Å². The minimum absolute atomic E-state index is 0.0999. The van der Waals surface area contributed by atoms with E-state index in [1.165, 1.54) is 25.9 Å². The molecule has 0 unspecified atom stereocenters. The summed E-state index contributed by atoms with van der Waals surface area (Å²) in [6, 6.07) is 4.05. The lowest BCUT2D eigenvalue weighted by Gasteiger charge is -2.21. The molecule has 1 fully saturated rings. The fourth-order valence-corrected chi connectivity index (χ4v) is 2.33. The zero-order valence-corrected chi connectivity index (χ0v) is 13.0. The molecule has 2 rings (SSSR count). The van der Waals surface area contributed by atoms with E-state index in [9.17, 15) is 0 Å². The lowest BCUT2D eigenvalue weighted by atomic mass is 10.1. The topological polar surface area (TPSA) is 37.4 Å². The average molecular weight is 277 g/mol. The van der Waals surface area contributed by atoms with Gasteiger partial charge in [-0.25, -0.2) is 4.98 Å². The van der Waals surface area contributed by atoms with Crippen molar-refractivity contribution in [3.63, 3.8) is 0 Å². The van der Waals surface area contributed by atoms with Gasteiger partial charge in [0.1, 0.15) is 6.61 Å². The van der Waals surface area contributed by atoms with Gasteiger partial charge >= 0.3 is 0 Å². The molecule has 0 atom stereocenters. The maximum absolute atomic E-state index is 5.87. The minimum Gasteiger partial charge on any atom is -0.476 e. The third kappa shape index (κ3) is 5.10. The van der Waals surface area contributed by atoms with E-state index in [1.54, 1.807) is 6.20 Å². The van der Waals surface area contributed by atoms with Gasteiger partial charge in [0.05, 0.1) is 0 Å². The van der Waals surface area contributed by atoms with Gasteiger partial charge in [-0.1, -0.05) is 6.07 Å². The van der Waals surface area contributed by atoms with Crippen molar-refractivity contribution < 1.29 is 4.74 Å². The van der Waals surface area contributed by atoms with Crippen LogP contribution < -0.4 is 10.1 Å². The summed E-state index contributed by atoms with van der Waals surface area (Å²) >= 11 is 0. The number of nitrogens with one attached hydrogen (secondary N) is 1. The second kappa shape index (κ2) is 7.04. The lowest BCUT2D eigenvalue weighted by molar-refractivity contribution is 0.229. The molecule has 1 aliphatic heterocycles. The number of nitrogens with zero attached hydrogens (tertiary/aromatic N) is 2. The zero-order valence-electron chi connectivity index (χ0n) is 13.0. The molecule has 1 aliphatic rings. The summed E-state index contributed by atoms with van der Waals surface area (Å²) in [6.45, 7) is 11.4. The summed E-state index contributed by atoms with van der Waals surface area (Å²) in [4.78, 5) is 6.82. The molecule has 0 aromatic carbocycles. The molecule has 20 heavy (non-hydrogen) atoms. The van der Waals surface area contributed by atoms with Crippen LogP contribution in [0.2, 0.25) is 0 Å². The number of likely N-dealkylation sites (tertiary alicyclic amines) is 1. The Morgan fingerprint density at radius 3 is 2.75 bits per heavy atom. The minimum atomic E-state index is 0.0999. The predicted molar refractivity (Wildman–Crippen MR) is 82.0 cm³/mol. The van der Waals surface area contributed by atoms with Crippen LogP contribution in [0.4, 0.5) is 0 Å². The second-order valence-corrected chi connectivity index (χ2v) is 6.47. The van der Waals surface area contributed by atoms with E-state index < -0.39 is 0 Å². The number of rotatable bonds is 6. The quantitative estimate of drug-likeness (QED) is 0.866. The van der Waals surface area contributed by atoms with E-state index in [2.05, 4.69) is 42.0 Å². The summed E-state index contributed by atoms with van der Waals surface area (Å²) in [5, 5.41) is 3.48. The Bertz CT molecular complexity index is 408. The zero-order chi connectivity index (χ0) is 14.4. The first kappa shape index (κ1) is 15.3. The molecule has 1 saturated heterocycles. The van der Waals surface area contributed by atoms with Crippen LogP contribution in [0.5, 0.6) is 5.88 Å². The molecule has 4 heteroatoms. The Balaban J connectivity index is 1.83. The number of aromatic nitrogens is 1. The fraction of sp³-hybridized carbons (Fsp3) is 0.688. The molecular weight excluding hydrogens is 250 g/mol. The molecule has 1 aromatic heterocycles. The van der Waals surface area contributed by atoms with E-state index in [4.69, 9.17) is 4.74 Å². The van der Waals surface area contributed by atoms with Crippen molar-refractivity contribution in [3.05, 3.63) is 23.9 Å². The Labute approximate surface area is 122 Å². The summed E-state index contributed by atoms with van der Waals surface area (Å²) in [6.07, 6.45) is 4.44. The van der Waals surface area contributed by atoms with E-state index in [0.717, 1.165) is 31.1 Å². The third-order valence-corrected chi connectivity index (χ3v) is 3.50. The van der Waals surface area contributed by atoms with Crippen molar-refractivity contribution in [1.29, 1.82) is 0 Å². The van der Waals surface area contributed by atoms with Crippen molar-refractivity contribution >= 4 is 0 Å². The van der Waals surface area contributed by atoms with Crippen molar-refractivity contribution in [1.82, 2.24) is 15.2 Å². The van der Waals surface area contributed by atoms with E-state index >= 15 is 0 Å². The Morgan fingerprint density at radius 1 is 1.30 bits per heavy atom. The molecule has 112 valence electrons. The highest BCUT2D eigenvalue weighted by atomic mass is 16.5. The molecule has 4 nitrogen and oxygen atoms in total. The van der Waals surface area contributed by atoms with Crippen LogP contribution in [0.3, 0.4) is 0 Å². The van der Waals surface area contributed by atoms with Crippen LogP contribution in [0.1, 0.15) is 39.2 Å². The standard InChI is InChI=1S/C16H27N3O/c1-16(2,3)18-13-14-7-6-8-17-15(14)20-12-11-19-9-4-5-10-19/h6-8,18H,4-5,9-13H2,1-3H3. The van der Waals surface area contributed by atoms with Gasteiger partial charge in [0.15, 0.2) is 0 Å². The molecule has 2 heterocycles. The van der Waals surface area contributed by atoms with Gasteiger partial charge in [0.25, 0.3) is 0 Å². The van der Waals surface area contributed by atoms with E-state index in [1.807, 2.05) is 6.07 Å². The van der Waals surface area contributed by atoms with Gasteiger partial charge in [0.2, 0.25) is 5.88 Å². The Morgan fingerprint density at radius 2 is 2.05 bits per heavy atom. The van der Waals surface area contributed by atoms with Gasteiger partial charge in [-0.15, -0.1) is 0 Å². The van der Waals surface area contributed by atoms with Crippen molar-refractivity contribution in [2.45, 2.75) is 45.7 Å². The van der Waals surface area contributed by atoms with Gasteiger partial charge < -0.3 is 10.1 Å². The smallest absolute Gasteiger partial charge is 0.217 e. The van der Waals surface area contributed by atoms with Crippen molar-refractivity contribution in [3.8, 4) is 5.88 Å². The van der Waals surface area contributed by atoms with Crippen LogP contribution in [-0.2, 0) is 6.54 Å². The van der Waals surface area contributed by atoms with Crippen LogP contribution in [-0.4, -0.2) is 41.7 Å². The average Bonchev–Trinajstić information content (AvgIpc) is 2.90. The lowest BCUT2D eigenvalue weighted by Crippen LogP contribution is -2.35. The molecular formula is C16H27N3O. The molecule has 0 saturated carbocycles. The van der Waals surface area contributed by atoms with Crippen molar-refractivity contribution in [2.75, 3.05) is 26.2 Å². The first-order valence-corrected chi connectivity index (χ1v) is 7.59. The van der Waals surface area contributed by atoms with Gasteiger partial charge in [0, 0.05) is 30.4 Å². The molecule has 0 radical (unpaired) electrons. The van der Waals surface area contributed by atoms with Crippen LogP contribution in [0.25, 0.3) is 0 Å². The number of hydrogen-bond acceptors (Lipinski definition) is 4. The first-order valence-electron chi connectivity index (χ1n) is 7.59. The summed E-state index contributed by atoms with van der Waals surface area (Å²) < 4.78 is 5.87. The summed E-state index contributed by atoms with van der Waals surface area (Å²) in [5.41, 5.74) is 1.23. The maximum Gasteiger partial charge on any atom is 0.217 e. The second-order valence-electron chi connectivity index (χ2n) is 6.47. The largest absolute Gasteiger partial charge is 0.476 e. The molecule has 0 aliphatic carbocycles. The molecule has 1 N–H and O–H groups in total. The maximum atomic E-state index is 5.87. The SMILES string of the molecule is CC(C)(C)NCc1cccnc1OCCN1CCCC1. The molecule has 0 bridgehead atoms. The third-order valence-electron chi connectivity index (χ3n) is 3.50. The highest BCUT2D eigenvalue weighted by Gasteiger charge is 2.13. The monoisotopic (exact) mass is 277 g/mol. The number of pyridine rings is 1. The van der Waals surface area contributed by atoms with Gasteiger partial charge in [-0.05, 0) is 52.8 Å². The Kier molecular flexibility index (Phi) is 5.38. The Hall–Kier alpha value is -1.13. The summed E-state index contributed by atoms with van der Waals surface area (Å²) in [5.74, 6) is 0.767. The molecule has 0 spiro atoms. The van der Waals surface area contributed by atoms with E-state index in [-0.39, 0.29) is 5.54 Å². The normalized spacial score (nSPS) is 16.6. The van der Waals surface area contributed by atoms with Gasteiger partial charge in [-0.3, -0.25) is 4.90 Å². The molecule has 1 aromatic rings. The highest BCUT2D eigenvalue weighted by molar-refractivity contribution is 5.25. The van der Waals surface area contributed by atoms with E-state index in [0.29, 0.717) is 0 Å². The molecule has 0 amide bonds. The van der Waals surface area contributed by atoms with Crippen LogP contribution in [0, 0.1) is 0 Å². The summed E-state index contributed by atoms with van der Waals surface area (Å²) in [7, 11) is 0. The first-order chi connectivity index (χ1) is 9.54.